The van der Waals surface area contributed by atoms with E-state index >= 15 is 0 Å². The first-order valence-electron chi connectivity index (χ1n) is 9.04. The smallest absolute Gasteiger partial charge is 0.144 e. The number of oxime groups is 1. The predicted molar refractivity (Wildman–Crippen MR) is 109 cm³/mol. The fourth-order valence-corrected chi connectivity index (χ4v) is 3.37. The molecule has 0 bridgehead atoms. The van der Waals surface area contributed by atoms with Crippen molar-refractivity contribution in [2.45, 2.75) is 31.8 Å². The largest absolute Gasteiger partial charge is 0.392 e. The molecule has 1 fully saturated rings. The summed E-state index contributed by atoms with van der Waals surface area (Å²) in [6, 6.07) is 14.4. The third kappa shape index (κ3) is 5.87. The molecule has 26 heavy (non-hydrogen) atoms. The first-order chi connectivity index (χ1) is 12.2. The zero-order chi connectivity index (χ0) is 17.5. The zero-order valence-electron chi connectivity index (χ0n) is 15.0. The van der Waals surface area contributed by atoms with Crippen LogP contribution in [0.15, 0.2) is 47.6 Å². The highest BCUT2D eigenvalue weighted by Crippen LogP contribution is 2.18. The highest BCUT2D eigenvalue weighted by atomic mass is 35.5. The number of rotatable bonds is 7. The summed E-state index contributed by atoms with van der Waals surface area (Å²) >= 11 is 0. The van der Waals surface area contributed by atoms with Crippen LogP contribution in [0.25, 0.3) is 10.8 Å². The molecule has 1 saturated heterocycles. The molecular formula is C20H28ClN3O2. The van der Waals surface area contributed by atoms with Gasteiger partial charge in [-0.15, -0.1) is 12.4 Å². The molecular weight excluding hydrogens is 350 g/mol. The maximum absolute atomic E-state index is 10.1. The molecule has 1 aliphatic rings. The van der Waals surface area contributed by atoms with Crippen LogP contribution in [0.4, 0.5) is 0 Å². The Morgan fingerprint density at radius 3 is 2.65 bits per heavy atom. The predicted octanol–water partition coefficient (Wildman–Crippen LogP) is 2.94. The molecule has 2 aromatic rings. The fourth-order valence-electron chi connectivity index (χ4n) is 3.37. The van der Waals surface area contributed by atoms with Crippen LogP contribution in [0, 0.1) is 0 Å². The summed E-state index contributed by atoms with van der Waals surface area (Å²) in [5, 5.41) is 16.4. The van der Waals surface area contributed by atoms with Crippen molar-refractivity contribution in [1.29, 1.82) is 0 Å². The van der Waals surface area contributed by atoms with E-state index in [2.05, 4.69) is 34.3 Å². The van der Waals surface area contributed by atoms with E-state index in [4.69, 9.17) is 10.6 Å². The Labute approximate surface area is 161 Å². The summed E-state index contributed by atoms with van der Waals surface area (Å²) < 4.78 is 0. The summed E-state index contributed by atoms with van der Waals surface area (Å²) in [5.41, 5.74) is 7.12. The van der Waals surface area contributed by atoms with E-state index in [-0.39, 0.29) is 19.0 Å². The lowest BCUT2D eigenvalue weighted by Gasteiger charge is -2.27. The molecule has 0 spiro atoms. The normalized spacial score (nSPS) is 16.9. The summed E-state index contributed by atoms with van der Waals surface area (Å²) in [4.78, 5) is 7.55. The third-order valence-corrected chi connectivity index (χ3v) is 4.62. The Kier molecular flexibility index (Phi) is 8.16. The van der Waals surface area contributed by atoms with E-state index in [1.165, 1.54) is 30.0 Å². The molecule has 6 heteroatoms. The molecule has 0 amide bonds. The average Bonchev–Trinajstić information content (AvgIpc) is 2.63. The molecule has 1 heterocycles. The monoisotopic (exact) mass is 377 g/mol. The molecule has 5 nitrogen and oxygen atoms in total. The van der Waals surface area contributed by atoms with Gasteiger partial charge in [0.25, 0.3) is 0 Å². The van der Waals surface area contributed by atoms with Crippen molar-refractivity contribution in [2.24, 2.45) is 10.9 Å². The molecule has 142 valence electrons. The van der Waals surface area contributed by atoms with Crippen molar-refractivity contribution in [1.82, 2.24) is 4.90 Å². The minimum absolute atomic E-state index is 0. The number of benzene rings is 2. The van der Waals surface area contributed by atoms with Gasteiger partial charge in [0.15, 0.2) is 0 Å². The summed E-state index contributed by atoms with van der Waals surface area (Å²) in [6.45, 7) is 2.93. The summed E-state index contributed by atoms with van der Waals surface area (Å²) in [6.07, 6.45) is 3.71. The van der Waals surface area contributed by atoms with Gasteiger partial charge in [0.2, 0.25) is 0 Å². The highest BCUT2D eigenvalue weighted by Gasteiger charge is 2.15. The second kappa shape index (κ2) is 10.4. The molecule has 1 unspecified atom stereocenters. The van der Waals surface area contributed by atoms with Crippen molar-refractivity contribution in [3.8, 4) is 0 Å². The molecule has 0 saturated carbocycles. The van der Waals surface area contributed by atoms with Gasteiger partial charge < -0.3 is 20.6 Å². The van der Waals surface area contributed by atoms with Crippen LogP contribution in [0.2, 0.25) is 0 Å². The van der Waals surface area contributed by atoms with E-state index in [9.17, 15) is 5.11 Å². The molecule has 3 rings (SSSR count). The average molecular weight is 378 g/mol. The maximum atomic E-state index is 10.1. The minimum atomic E-state index is -0.535. The molecule has 2 aromatic carbocycles. The van der Waals surface area contributed by atoms with Gasteiger partial charge in [0.1, 0.15) is 18.5 Å². The quantitative estimate of drug-likeness (QED) is 0.442. The number of fused-ring (bicyclic) bond motifs is 1. The number of halogens is 1. The van der Waals surface area contributed by atoms with E-state index in [0.717, 1.165) is 18.7 Å². The van der Waals surface area contributed by atoms with E-state index < -0.39 is 6.10 Å². The molecule has 0 aromatic heterocycles. The third-order valence-electron chi connectivity index (χ3n) is 4.62. The minimum Gasteiger partial charge on any atom is -0.392 e. The van der Waals surface area contributed by atoms with Crippen LogP contribution >= 0.6 is 12.4 Å². The van der Waals surface area contributed by atoms with Crippen molar-refractivity contribution < 1.29 is 9.94 Å². The van der Waals surface area contributed by atoms with Crippen molar-refractivity contribution in [2.75, 3.05) is 26.2 Å². The van der Waals surface area contributed by atoms with Crippen LogP contribution in [-0.4, -0.2) is 48.2 Å². The first kappa shape index (κ1) is 20.5. The SMILES string of the molecule is Cl.N/C(Cc1cccc2ccccc12)=N\OCC(O)CN1CCCCC1. The highest BCUT2D eigenvalue weighted by molar-refractivity contribution is 5.91. The van der Waals surface area contributed by atoms with Gasteiger partial charge in [-0.05, 0) is 42.3 Å². The van der Waals surface area contributed by atoms with Gasteiger partial charge in [-0.1, -0.05) is 54.0 Å². The van der Waals surface area contributed by atoms with Gasteiger partial charge in [-0.25, -0.2) is 0 Å². The lowest BCUT2D eigenvalue weighted by Crippen LogP contribution is -2.38. The zero-order valence-corrected chi connectivity index (χ0v) is 15.8. The molecule has 0 aliphatic carbocycles. The number of piperidine rings is 1. The van der Waals surface area contributed by atoms with Crippen LogP contribution in [-0.2, 0) is 11.3 Å². The number of nitrogens with two attached hydrogens (primary N) is 1. The second-order valence-electron chi connectivity index (χ2n) is 6.71. The Morgan fingerprint density at radius 1 is 1.12 bits per heavy atom. The number of nitrogens with zero attached hydrogens (tertiary/aromatic N) is 2. The first-order valence-corrected chi connectivity index (χ1v) is 9.04. The number of β-amino-alcohol motifs (C(OH)–C–C–N with tert-alkyl or cyclic N) is 1. The van der Waals surface area contributed by atoms with Gasteiger partial charge in [-0.2, -0.15) is 0 Å². The summed E-state index contributed by atoms with van der Waals surface area (Å²) in [7, 11) is 0. The Bertz CT molecular complexity index is 712. The van der Waals surface area contributed by atoms with Crippen LogP contribution in [0.5, 0.6) is 0 Å². The lowest BCUT2D eigenvalue weighted by atomic mass is 10.0. The Morgan fingerprint density at radius 2 is 1.85 bits per heavy atom. The standard InChI is InChI=1S/C20H27N3O2.ClH/c21-20(13-17-9-6-8-16-7-2-3-10-19(16)17)22-25-15-18(24)14-23-11-4-1-5-12-23;/h2-3,6-10,18,24H,1,4-5,11-15H2,(H2,21,22);1H. The number of amidine groups is 1. The number of hydrogen-bond acceptors (Lipinski definition) is 4. The van der Waals surface area contributed by atoms with Crippen LogP contribution < -0.4 is 5.73 Å². The second-order valence-corrected chi connectivity index (χ2v) is 6.71. The molecule has 1 aliphatic heterocycles. The number of hydrogen-bond donors (Lipinski definition) is 2. The van der Waals surface area contributed by atoms with Crippen LogP contribution in [0.1, 0.15) is 24.8 Å². The Hall–Kier alpha value is -1.82. The van der Waals surface area contributed by atoms with Gasteiger partial charge in [0, 0.05) is 13.0 Å². The molecule has 3 N–H and O–H groups in total. The molecule has 0 radical (unpaired) electrons. The number of likely N-dealkylation sites (tertiary alicyclic amines) is 1. The topological polar surface area (TPSA) is 71.1 Å². The Balaban J connectivity index is 0.00000243. The number of aliphatic hydroxyl groups excluding tert-OH is 1. The van der Waals surface area contributed by atoms with E-state index in [0.29, 0.717) is 18.8 Å². The lowest BCUT2D eigenvalue weighted by molar-refractivity contribution is 0.0155. The maximum Gasteiger partial charge on any atom is 0.144 e. The fraction of sp³-hybridized carbons (Fsp3) is 0.450. The van der Waals surface area contributed by atoms with E-state index in [1.807, 2.05) is 18.2 Å². The number of aliphatic hydroxyl groups is 1. The molecule has 1 atom stereocenters. The summed E-state index contributed by atoms with van der Waals surface area (Å²) in [5.74, 6) is 0.418. The van der Waals surface area contributed by atoms with Gasteiger partial charge >= 0.3 is 0 Å². The van der Waals surface area contributed by atoms with E-state index in [1.54, 1.807) is 0 Å². The van der Waals surface area contributed by atoms with Crippen molar-refractivity contribution >= 4 is 29.0 Å². The van der Waals surface area contributed by atoms with Gasteiger partial charge in [-0.3, -0.25) is 0 Å². The van der Waals surface area contributed by atoms with Crippen LogP contribution in [0.3, 0.4) is 0 Å². The van der Waals surface area contributed by atoms with Gasteiger partial charge in [0.05, 0.1) is 0 Å². The van der Waals surface area contributed by atoms with Crippen molar-refractivity contribution in [3.63, 3.8) is 0 Å². The van der Waals surface area contributed by atoms with Crippen molar-refractivity contribution in [3.05, 3.63) is 48.0 Å².